The summed E-state index contributed by atoms with van der Waals surface area (Å²) < 4.78 is 13.2. The Hall–Kier alpha value is -2.34. The van der Waals surface area contributed by atoms with Crippen molar-refractivity contribution in [2.45, 2.75) is 20.4 Å². The predicted octanol–water partition coefficient (Wildman–Crippen LogP) is 3.93. The number of benzene rings is 2. The Morgan fingerprint density at radius 3 is 2.42 bits per heavy atom. The first-order valence-corrected chi connectivity index (χ1v) is 6.09. The molecule has 0 aliphatic carbocycles. The standard InChI is InChI=1S/C16H15FN2/c1-11-5-12(2)7-13(6-11)10-19-15-3-4-16(17)14(8-15)9-18/h3-8,19H,10H2,1-2H3. The fraction of sp³-hybridized carbons (Fsp3) is 0.188. The minimum atomic E-state index is -0.487. The van der Waals surface area contributed by atoms with E-state index in [4.69, 9.17) is 5.26 Å². The number of halogens is 1. The van der Waals surface area contributed by atoms with Crippen molar-refractivity contribution in [3.63, 3.8) is 0 Å². The van der Waals surface area contributed by atoms with Crippen molar-refractivity contribution in [2.75, 3.05) is 5.32 Å². The van der Waals surface area contributed by atoms with E-state index in [0.29, 0.717) is 6.54 Å². The van der Waals surface area contributed by atoms with Crippen molar-refractivity contribution >= 4 is 5.69 Å². The van der Waals surface area contributed by atoms with Crippen molar-refractivity contribution in [1.82, 2.24) is 0 Å². The van der Waals surface area contributed by atoms with Gasteiger partial charge in [-0.2, -0.15) is 5.26 Å². The predicted molar refractivity (Wildman–Crippen MR) is 74.4 cm³/mol. The lowest BCUT2D eigenvalue weighted by Crippen LogP contribution is -2.01. The zero-order valence-corrected chi connectivity index (χ0v) is 11.0. The van der Waals surface area contributed by atoms with Crippen LogP contribution in [-0.2, 0) is 6.54 Å². The van der Waals surface area contributed by atoms with Crippen LogP contribution in [0.1, 0.15) is 22.3 Å². The number of aryl methyl sites for hydroxylation is 2. The highest BCUT2D eigenvalue weighted by Gasteiger charge is 2.03. The van der Waals surface area contributed by atoms with Crippen LogP contribution >= 0.6 is 0 Å². The van der Waals surface area contributed by atoms with Crippen LogP contribution in [0.4, 0.5) is 10.1 Å². The minimum Gasteiger partial charge on any atom is -0.381 e. The molecule has 2 nitrogen and oxygen atoms in total. The summed E-state index contributed by atoms with van der Waals surface area (Å²) in [5.74, 6) is -0.487. The van der Waals surface area contributed by atoms with Gasteiger partial charge >= 0.3 is 0 Å². The molecule has 0 amide bonds. The molecule has 19 heavy (non-hydrogen) atoms. The third-order valence-corrected chi connectivity index (χ3v) is 2.86. The van der Waals surface area contributed by atoms with E-state index >= 15 is 0 Å². The van der Waals surface area contributed by atoms with Crippen molar-refractivity contribution in [3.8, 4) is 6.07 Å². The summed E-state index contributed by atoms with van der Waals surface area (Å²) in [6, 6.07) is 12.6. The Balaban J connectivity index is 2.12. The van der Waals surface area contributed by atoms with E-state index in [1.54, 1.807) is 6.07 Å². The third-order valence-electron chi connectivity index (χ3n) is 2.86. The van der Waals surface area contributed by atoms with Gasteiger partial charge in [-0.1, -0.05) is 29.3 Å². The second-order valence-electron chi connectivity index (χ2n) is 4.66. The molecule has 2 rings (SSSR count). The smallest absolute Gasteiger partial charge is 0.141 e. The Kier molecular flexibility index (Phi) is 3.82. The molecule has 0 unspecified atom stereocenters. The average Bonchev–Trinajstić information content (AvgIpc) is 2.36. The Morgan fingerprint density at radius 1 is 1.11 bits per heavy atom. The molecule has 0 aliphatic heterocycles. The van der Waals surface area contributed by atoms with Crippen LogP contribution < -0.4 is 5.32 Å². The molecule has 0 fully saturated rings. The second-order valence-corrected chi connectivity index (χ2v) is 4.66. The summed E-state index contributed by atoms with van der Waals surface area (Å²) in [4.78, 5) is 0. The molecule has 0 spiro atoms. The van der Waals surface area contributed by atoms with Crippen molar-refractivity contribution in [1.29, 1.82) is 5.26 Å². The molecular weight excluding hydrogens is 239 g/mol. The van der Waals surface area contributed by atoms with Gasteiger partial charge < -0.3 is 5.32 Å². The summed E-state index contributed by atoms with van der Waals surface area (Å²) in [5, 5.41) is 12.0. The summed E-state index contributed by atoms with van der Waals surface area (Å²) in [6.45, 7) is 4.77. The van der Waals surface area contributed by atoms with Gasteiger partial charge in [0.1, 0.15) is 11.9 Å². The van der Waals surface area contributed by atoms with E-state index < -0.39 is 5.82 Å². The van der Waals surface area contributed by atoms with Crippen molar-refractivity contribution in [3.05, 3.63) is 64.5 Å². The SMILES string of the molecule is Cc1cc(C)cc(CNc2ccc(F)c(C#N)c2)c1. The molecule has 0 radical (unpaired) electrons. The molecule has 2 aromatic carbocycles. The molecular formula is C16H15FN2. The summed E-state index contributed by atoms with van der Waals surface area (Å²) in [7, 11) is 0. The number of nitrogens with zero attached hydrogens (tertiary/aromatic N) is 1. The van der Waals surface area contributed by atoms with Gasteiger partial charge in [-0.3, -0.25) is 0 Å². The molecule has 2 aromatic rings. The molecule has 1 N–H and O–H groups in total. The molecule has 96 valence electrons. The highest BCUT2D eigenvalue weighted by molar-refractivity contribution is 5.50. The molecule has 0 bridgehead atoms. The fourth-order valence-electron chi connectivity index (χ4n) is 2.10. The number of anilines is 1. The van der Waals surface area contributed by atoms with Crippen LogP contribution in [0.5, 0.6) is 0 Å². The van der Waals surface area contributed by atoms with E-state index in [1.807, 2.05) is 6.07 Å². The monoisotopic (exact) mass is 254 g/mol. The molecule has 0 saturated carbocycles. The first-order valence-electron chi connectivity index (χ1n) is 6.09. The van der Waals surface area contributed by atoms with E-state index in [2.05, 4.69) is 37.4 Å². The number of nitriles is 1. The van der Waals surface area contributed by atoms with Gasteiger partial charge in [0, 0.05) is 12.2 Å². The lowest BCUT2D eigenvalue weighted by molar-refractivity contribution is 0.624. The van der Waals surface area contributed by atoms with Crippen LogP contribution in [0.25, 0.3) is 0 Å². The van der Waals surface area contributed by atoms with Gasteiger partial charge in [0.2, 0.25) is 0 Å². The normalized spacial score (nSPS) is 10.0. The van der Waals surface area contributed by atoms with Gasteiger partial charge in [-0.05, 0) is 37.6 Å². The van der Waals surface area contributed by atoms with Crippen LogP contribution in [-0.4, -0.2) is 0 Å². The summed E-state index contributed by atoms with van der Waals surface area (Å²) in [5.41, 5.74) is 4.41. The molecule has 0 heterocycles. The van der Waals surface area contributed by atoms with Crippen molar-refractivity contribution < 1.29 is 4.39 Å². The van der Waals surface area contributed by atoms with Crippen molar-refractivity contribution in [2.24, 2.45) is 0 Å². The topological polar surface area (TPSA) is 35.8 Å². The lowest BCUT2D eigenvalue weighted by atomic mass is 10.1. The Morgan fingerprint density at radius 2 is 1.79 bits per heavy atom. The maximum Gasteiger partial charge on any atom is 0.141 e. The molecule has 0 aliphatic rings. The third kappa shape index (κ3) is 3.32. The number of hydrogen-bond acceptors (Lipinski definition) is 2. The fourth-order valence-corrected chi connectivity index (χ4v) is 2.10. The van der Waals surface area contributed by atoms with E-state index in [9.17, 15) is 4.39 Å². The number of rotatable bonds is 3. The van der Waals surface area contributed by atoms with E-state index in [-0.39, 0.29) is 5.56 Å². The van der Waals surface area contributed by atoms with Gasteiger partial charge in [-0.15, -0.1) is 0 Å². The van der Waals surface area contributed by atoms with Gasteiger partial charge in [0.15, 0.2) is 0 Å². The number of nitrogens with one attached hydrogen (secondary N) is 1. The quantitative estimate of drug-likeness (QED) is 0.900. The van der Waals surface area contributed by atoms with Crippen LogP contribution in [0.3, 0.4) is 0 Å². The number of hydrogen-bond donors (Lipinski definition) is 1. The maximum absolute atomic E-state index is 13.2. The zero-order valence-electron chi connectivity index (χ0n) is 11.0. The van der Waals surface area contributed by atoms with Gasteiger partial charge in [0.25, 0.3) is 0 Å². The average molecular weight is 254 g/mol. The summed E-state index contributed by atoms with van der Waals surface area (Å²) >= 11 is 0. The highest BCUT2D eigenvalue weighted by Crippen LogP contribution is 2.16. The van der Waals surface area contributed by atoms with Crippen LogP contribution in [0, 0.1) is 31.0 Å². The molecule has 0 atom stereocenters. The van der Waals surface area contributed by atoms with Crippen LogP contribution in [0.2, 0.25) is 0 Å². The van der Waals surface area contributed by atoms with Crippen LogP contribution in [0.15, 0.2) is 36.4 Å². The molecule has 3 heteroatoms. The van der Waals surface area contributed by atoms with E-state index in [0.717, 1.165) is 5.69 Å². The minimum absolute atomic E-state index is 0.0606. The second kappa shape index (κ2) is 5.53. The molecule has 0 saturated heterocycles. The van der Waals surface area contributed by atoms with E-state index in [1.165, 1.54) is 28.8 Å². The van der Waals surface area contributed by atoms with Gasteiger partial charge in [-0.25, -0.2) is 4.39 Å². The zero-order chi connectivity index (χ0) is 13.8. The highest BCUT2D eigenvalue weighted by atomic mass is 19.1. The first-order chi connectivity index (χ1) is 9.08. The first kappa shape index (κ1) is 13.1. The largest absolute Gasteiger partial charge is 0.381 e. The summed E-state index contributed by atoms with van der Waals surface area (Å²) in [6.07, 6.45) is 0. The maximum atomic E-state index is 13.2. The lowest BCUT2D eigenvalue weighted by Gasteiger charge is -2.09. The van der Waals surface area contributed by atoms with Gasteiger partial charge in [0.05, 0.1) is 5.56 Å². The Bertz CT molecular complexity index is 621. The molecule has 0 aromatic heterocycles. The Labute approximate surface area is 112 Å².